The van der Waals surface area contributed by atoms with Gasteiger partial charge in [0.2, 0.25) is 5.88 Å². The highest BCUT2D eigenvalue weighted by Crippen LogP contribution is 2.40. The Hall–Kier alpha value is -4.24. The molecule has 1 aromatic heterocycles. The molecule has 1 saturated carbocycles. The minimum Gasteiger partial charge on any atom is -0.496 e. The van der Waals surface area contributed by atoms with Crippen molar-refractivity contribution in [1.82, 2.24) is 20.6 Å². The smallest absolute Gasteiger partial charge is 0.251 e. The molecule has 2 fully saturated rings. The maximum atomic E-state index is 12.6. The van der Waals surface area contributed by atoms with Gasteiger partial charge in [0.15, 0.2) is 0 Å². The number of nitrogens with zero attached hydrogens (tertiary/aromatic N) is 2. The lowest BCUT2D eigenvalue weighted by atomic mass is 9.95. The van der Waals surface area contributed by atoms with E-state index in [1.54, 1.807) is 26.3 Å². The molecule has 9 nitrogen and oxygen atoms in total. The second-order valence-electron chi connectivity index (χ2n) is 10.8. The summed E-state index contributed by atoms with van der Waals surface area (Å²) in [7, 11) is 3.24. The molecule has 212 valence electrons. The standard InChI is InChI=1S/C32H34N4O5/c1-18-13-19(9-10-24(18)31(38)33-2)25-11-12-26-29(25)32(41-23-5-4-6-23)36-28(35-26)15-20-7-8-21(14-27(20)39-3)30(37)34-22-16-40-17-22/h7-11,13-14,22-23H,4-6,12,15-17H2,1-3H3,(H,33,38)(H,34,37). The fourth-order valence-corrected chi connectivity index (χ4v) is 5.34. The number of allylic oxidation sites excluding steroid dienone is 1. The molecular weight excluding hydrogens is 520 g/mol. The summed E-state index contributed by atoms with van der Waals surface area (Å²) in [6, 6.07) is 11.4. The van der Waals surface area contributed by atoms with Crippen LogP contribution in [0.3, 0.4) is 0 Å². The highest BCUT2D eigenvalue weighted by atomic mass is 16.5. The predicted molar refractivity (Wildman–Crippen MR) is 154 cm³/mol. The van der Waals surface area contributed by atoms with Gasteiger partial charge in [-0.05, 0) is 61.1 Å². The van der Waals surface area contributed by atoms with Crippen LogP contribution in [0.5, 0.6) is 11.6 Å². The minimum atomic E-state index is -0.148. The molecule has 0 unspecified atom stereocenters. The fourth-order valence-electron chi connectivity index (χ4n) is 5.34. The molecule has 3 aliphatic rings. The van der Waals surface area contributed by atoms with E-state index in [0.717, 1.165) is 52.8 Å². The number of amides is 2. The van der Waals surface area contributed by atoms with Gasteiger partial charge in [-0.2, -0.15) is 4.98 Å². The Bertz CT molecular complexity index is 1540. The first kappa shape index (κ1) is 27.0. The van der Waals surface area contributed by atoms with Gasteiger partial charge < -0.3 is 24.8 Å². The minimum absolute atomic E-state index is 0.0540. The molecule has 0 atom stereocenters. The normalized spacial score (nSPS) is 16.2. The molecule has 1 aliphatic heterocycles. The van der Waals surface area contributed by atoms with Gasteiger partial charge in [0.25, 0.3) is 11.8 Å². The van der Waals surface area contributed by atoms with Crippen molar-refractivity contribution in [3.05, 3.63) is 87.4 Å². The molecule has 41 heavy (non-hydrogen) atoms. The number of carbonyl (C=O) groups is 2. The van der Waals surface area contributed by atoms with Gasteiger partial charge in [-0.3, -0.25) is 9.59 Å². The van der Waals surface area contributed by atoms with E-state index in [4.69, 9.17) is 24.2 Å². The molecule has 2 aromatic carbocycles. The van der Waals surface area contributed by atoms with Gasteiger partial charge >= 0.3 is 0 Å². The molecule has 2 amide bonds. The zero-order chi connectivity index (χ0) is 28.5. The average molecular weight is 555 g/mol. The van der Waals surface area contributed by atoms with E-state index in [-0.39, 0.29) is 24.0 Å². The van der Waals surface area contributed by atoms with Gasteiger partial charge in [0.05, 0.1) is 37.6 Å². The van der Waals surface area contributed by atoms with Gasteiger partial charge in [-0.15, -0.1) is 0 Å². The van der Waals surface area contributed by atoms with Crippen LogP contribution in [0.25, 0.3) is 5.57 Å². The molecule has 3 aromatic rings. The average Bonchev–Trinajstić information content (AvgIpc) is 3.36. The molecule has 6 rings (SSSR count). The molecule has 0 radical (unpaired) electrons. The quantitative estimate of drug-likeness (QED) is 0.414. The first-order chi connectivity index (χ1) is 19.9. The van der Waals surface area contributed by atoms with Crippen LogP contribution < -0.4 is 20.1 Å². The molecule has 2 aliphatic carbocycles. The lowest BCUT2D eigenvalue weighted by molar-refractivity contribution is -0.00346. The Balaban J connectivity index is 1.29. The molecule has 0 spiro atoms. The highest BCUT2D eigenvalue weighted by Gasteiger charge is 2.29. The second kappa shape index (κ2) is 11.3. The number of hydrogen-bond donors (Lipinski definition) is 2. The largest absolute Gasteiger partial charge is 0.496 e. The summed E-state index contributed by atoms with van der Waals surface area (Å²) in [5, 5.41) is 5.66. The summed E-state index contributed by atoms with van der Waals surface area (Å²) in [5.41, 5.74) is 6.86. The van der Waals surface area contributed by atoms with Crippen LogP contribution >= 0.6 is 0 Å². The van der Waals surface area contributed by atoms with Crippen molar-refractivity contribution in [2.24, 2.45) is 0 Å². The number of benzene rings is 2. The molecular formula is C32H34N4O5. The third kappa shape index (κ3) is 5.41. The zero-order valence-electron chi connectivity index (χ0n) is 23.6. The van der Waals surface area contributed by atoms with Crippen molar-refractivity contribution < 1.29 is 23.8 Å². The molecule has 2 N–H and O–H groups in total. The van der Waals surface area contributed by atoms with Crippen molar-refractivity contribution in [2.75, 3.05) is 27.4 Å². The Morgan fingerprint density at radius 1 is 1.07 bits per heavy atom. The van der Waals surface area contributed by atoms with Crippen LogP contribution in [-0.4, -0.2) is 61.3 Å². The van der Waals surface area contributed by atoms with Crippen molar-refractivity contribution in [2.45, 2.75) is 51.2 Å². The van der Waals surface area contributed by atoms with E-state index in [1.165, 1.54) is 0 Å². The fraction of sp³-hybridized carbons (Fsp3) is 0.375. The predicted octanol–water partition coefficient (Wildman–Crippen LogP) is 3.79. The Labute approximate surface area is 239 Å². The maximum absolute atomic E-state index is 12.6. The summed E-state index contributed by atoms with van der Waals surface area (Å²) in [6.45, 7) is 3.03. The van der Waals surface area contributed by atoms with Gasteiger partial charge in [0, 0.05) is 36.6 Å². The van der Waals surface area contributed by atoms with Crippen LogP contribution in [-0.2, 0) is 17.6 Å². The number of aromatic nitrogens is 2. The van der Waals surface area contributed by atoms with Crippen LogP contribution in [0.15, 0.2) is 42.5 Å². The van der Waals surface area contributed by atoms with E-state index >= 15 is 0 Å². The molecule has 2 heterocycles. The van der Waals surface area contributed by atoms with Crippen molar-refractivity contribution >= 4 is 17.4 Å². The van der Waals surface area contributed by atoms with Crippen LogP contribution in [0, 0.1) is 6.92 Å². The molecule has 9 heteroatoms. The van der Waals surface area contributed by atoms with Gasteiger partial charge in [-0.1, -0.05) is 24.3 Å². The third-order valence-electron chi connectivity index (χ3n) is 7.98. The molecule has 1 saturated heterocycles. The topological polar surface area (TPSA) is 112 Å². The zero-order valence-corrected chi connectivity index (χ0v) is 23.6. The first-order valence-corrected chi connectivity index (χ1v) is 14.1. The van der Waals surface area contributed by atoms with E-state index in [1.807, 2.05) is 31.2 Å². The number of aryl methyl sites for hydroxylation is 1. The number of rotatable bonds is 9. The number of hydrogen-bond acceptors (Lipinski definition) is 7. The van der Waals surface area contributed by atoms with E-state index in [0.29, 0.717) is 54.6 Å². The summed E-state index contributed by atoms with van der Waals surface area (Å²) < 4.78 is 17.3. The SMILES string of the molecule is CNC(=O)c1ccc(C2=CCc3nc(Cc4ccc(C(=O)NC5COC5)cc4OC)nc(OC4CCC4)c32)cc1C. The van der Waals surface area contributed by atoms with E-state index in [9.17, 15) is 9.59 Å². The first-order valence-electron chi connectivity index (χ1n) is 14.1. The van der Waals surface area contributed by atoms with Gasteiger partial charge in [0.1, 0.15) is 17.7 Å². The Kier molecular flexibility index (Phi) is 7.45. The number of methoxy groups -OCH3 is 1. The Morgan fingerprint density at radius 3 is 2.56 bits per heavy atom. The summed E-state index contributed by atoms with van der Waals surface area (Å²) in [5.74, 6) is 1.60. The Morgan fingerprint density at radius 2 is 1.90 bits per heavy atom. The van der Waals surface area contributed by atoms with E-state index in [2.05, 4.69) is 16.7 Å². The van der Waals surface area contributed by atoms with Crippen molar-refractivity contribution in [3.63, 3.8) is 0 Å². The van der Waals surface area contributed by atoms with Crippen molar-refractivity contribution in [3.8, 4) is 11.6 Å². The second-order valence-corrected chi connectivity index (χ2v) is 10.8. The van der Waals surface area contributed by atoms with Gasteiger partial charge in [-0.25, -0.2) is 4.98 Å². The lowest BCUT2D eigenvalue weighted by Gasteiger charge is -2.27. The summed E-state index contributed by atoms with van der Waals surface area (Å²) in [4.78, 5) is 34.7. The van der Waals surface area contributed by atoms with Crippen LogP contribution in [0.4, 0.5) is 0 Å². The summed E-state index contributed by atoms with van der Waals surface area (Å²) >= 11 is 0. The molecule has 0 bridgehead atoms. The maximum Gasteiger partial charge on any atom is 0.251 e. The van der Waals surface area contributed by atoms with E-state index < -0.39 is 0 Å². The van der Waals surface area contributed by atoms with Crippen LogP contribution in [0.2, 0.25) is 0 Å². The summed E-state index contributed by atoms with van der Waals surface area (Å²) in [6.07, 6.45) is 6.58. The van der Waals surface area contributed by atoms with Crippen LogP contribution in [0.1, 0.15) is 73.8 Å². The number of fused-ring (bicyclic) bond motifs is 1. The number of nitrogens with one attached hydrogen (secondary N) is 2. The monoisotopic (exact) mass is 554 g/mol. The van der Waals surface area contributed by atoms with Crippen molar-refractivity contribution in [1.29, 1.82) is 0 Å². The third-order valence-corrected chi connectivity index (χ3v) is 7.98. The highest BCUT2D eigenvalue weighted by molar-refractivity contribution is 5.97. The lowest BCUT2D eigenvalue weighted by Crippen LogP contribution is -2.48. The number of carbonyl (C=O) groups excluding carboxylic acids is 2. The number of ether oxygens (including phenoxy) is 3.